The second-order valence-corrected chi connectivity index (χ2v) is 5.58. The average Bonchev–Trinajstić information content (AvgIpc) is 2.34. The van der Waals surface area contributed by atoms with E-state index in [4.69, 9.17) is 4.74 Å². The molecule has 0 aliphatic heterocycles. The maximum atomic E-state index is 9.71. The smallest absolute Gasteiger partial charge is 0.121 e. The third-order valence-electron chi connectivity index (χ3n) is 2.97. The van der Waals surface area contributed by atoms with Gasteiger partial charge in [-0.15, -0.1) is 0 Å². The standard InChI is InChI=1S/C16H27NO2/c1-12(2)11-19-7-5-6-17-10-15-8-13(3)16(18)14(4)9-15/h8-9,12,17-18H,5-7,10-11H2,1-4H3. The summed E-state index contributed by atoms with van der Waals surface area (Å²) in [6, 6.07) is 4.06. The van der Waals surface area contributed by atoms with Crippen LogP contribution in [0.5, 0.6) is 5.75 Å². The SMILES string of the molecule is Cc1cc(CNCCCOCC(C)C)cc(C)c1O. The lowest BCUT2D eigenvalue weighted by atomic mass is 10.1. The first-order valence-corrected chi connectivity index (χ1v) is 7.08. The number of aromatic hydroxyl groups is 1. The molecular weight excluding hydrogens is 238 g/mol. The van der Waals surface area contributed by atoms with E-state index in [1.807, 2.05) is 26.0 Å². The van der Waals surface area contributed by atoms with Crippen molar-refractivity contribution in [1.82, 2.24) is 5.32 Å². The van der Waals surface area contributed by atoms with Gasteiger partial charge in [-0.1, -0.05) is 26.0 Å². The van der Waals surface area contributed by atoms with Gasteiger partial charge in [-0.05, 0) is 49.4 Å². The molecule has 3 nitrogen and oxygen atoms in total. The number of aryl methyl sites for hydroxylation is 2. The second-order valence-electron chi connectivity index (χ2n) is 5.58. The zero-order valence-electron chi connectivity index (χ0n) is 12.6. The molecule has 0 saturated carbocycles. The molecule has 0 saturated heterocycles. The number of ether oxygens (including phenoxy) is 1. The quantitative estimate of drug-likeness (QED) is 0.709. The molecule has 0 atom stereocenters. The number of hydrogen-bond donors (Lipinski definition) is 2. The molecule has 0 aliphatic carbocycles. The first-order chi connectivity index (χ1) is 9.00. The number of nitrogens with one attached hydrogen (secondary N) is 1. The van der Waals surface area contributed by atoms with Gasteiger partial charge in [0.1, 0.15) is 5.75 Å². The molecule has 0 unspecified atom stereocenters. The molecule has 0 heterocycles. The monoisotopic (exact) mass is 265 g/mol. The molecule has 3 heteroatoms. The maximum absolute atomic E-state index is 9.71. The molecular formula is C16H27NO2. The Hall–Kier alpha value is -1.06. The van der Waals surface area contributed by atoms with Gasteiger partial charge >= 0.3 is 0 Å². The Morgan fingerprint density at radius 2 is 1.84 bits per heavy atom. The molecule has 0 fully saturated rings. The van der Waals surface area contributed by atoms with Crippen molar-refractivity contribution in [2.45, 2.75) is 40.7 Å². The van der Waals surface area contributed by atoms with Crippen molar-refractivity contribution in [3.05, 3.63) is 28.8 Å². The van der Waals surface area contributed by atoms with E-state index in [2.05, 4.69) is 19.2 Å². The van der Waals surface area contributed by atoms with Gasteiger partial charge in [0.25, 0.3) is 0 Å². The third kappa shape index (κ3) is 6.08. The van der Waals surface area contributed by atoms with Gasteiger partial charge in [0, 0.05) is 19.8 Å². The number of hydrogen-bond acceptors (Lipinski definition) is 3. The predicted molar refractivity (Wildman–Crippen MR) is 79.6 cm³/mol. The summed E-state index contributed by atoms with van der Waals surface area (Å²) in [5.41, 5.74) is 3.10. The van der Waals surface area contributed by atoms with Gasteiger partial charge in [0.05, 0.1) is 0 Å². The van der Waals surface area contributed by atoms with Crippen molar-refractivity contribution in [2.75, 3.05) is 19.8 Å². The van der Waals surface area contributed by atoms with Crippen LogP contribution in [-0.2, 0) is 11.3 Å². The van der Waals surface area contributed by atoms with Crippen LogP contribution in [0.2, 0.25) is 0 Å². The van der Waals surface area contributed by atoms with Gasteiger partial charge < -0.3 is 15.2 Å². The highest BCUT2D eigenvalue weighted by molar-refractivity contribution is 5.42. The Morgan fingerprint density at radius 3 is 2.42 bits per heavy atom. The fourth-order valence-corrected chi connectivity index (χ4v) is 2.00. The van der Waals surface area contributed by atoms with Gasteiger partial charge in [-0.3, -0.25) is 0 Å². The molecule has 1 aromatic rings. The van der Waals surface area contributed by atoms with E-state index in [1.165, 1.54) is 5.56 Å². The first kappa shape index (κ1) is 16.0. The van der Waals surface area contributed by atoms with Crippen LogP contribution in [0.4, 0.5) is 0 Å². The van der Waals surface area contributed by atoms with Crippen LogP contribution in [0.1, 0.15) is 37.0 Å². The predicted octanol–water partition coefficient (Wildman–Crippen LogP) is 3.16. The Labute approximate surface area is 117 Å². The van der Waals surface area contributed by atoms with Crippen molar-refractivity contribution in [2.24, 2.45) is 5.92 Å². The zero-order valence-corrected chi connectivity index (χ0v) is 12.6. The summed E-state index contributed by atoms with van der Waals surface area (Å²) in [7, 11) is 0. The highest BCUT2D eigenvalue weighted by atomic mass is 16.5. The number of benzene rings is 1. The fraction of sp³-hybridized carbons (Fsp3) is 0.625. The fourth-order valence-electron chi connectivity index (χ4n) is 2.00. The topological polar surface area (TPSA) is 41.5 Å². The molecule has 0 spiro atoms. The lowest BCUT2D eigenvalue weighted by Gasteiger charge is -2.10. The lowest BCUT2D eigenvalue weighted by molar-refractivity contribution is 0.108. The van der Waals surface area contributed by atoms with Gasteiger partial charge in [-0.2, -0.15) is 0 Å². The zero-order chi connectivity index (χ0) is 14.3. The summed E-state index contributed by atoms with van der Waals surface area (Å²) >= 11 is 0. The summed E-state index contributed by atoms with van der Waals surface area (Å²) in [6.45, 7) is 11.6. The van der Waals surface area contributed by atoms with E-state index in [0.717, 1.165) is 43.9 Å². The third-order valence-corrected chi connectivity index (χ3v) is 2.97. The van der Waals surface area contributed by atoms with Crippen molar-refractivity contribution < 1.29 is 9.84 Å². The highest BCUT2D eigenvalue weighted by Crippen LogP contribution is 2.22. The minimum Gasteiger partial charge on any atom is -0.507 e. The molecule has 0 amide bonds. The van der Waals surface area contributed by atoms with Crippen LogP contribution in [0, 0.1) is 19.8 Å². The van der Waals surface area contributed by atoms with E-state index in [-0.39, 0.29) is 0 Å². The molecule has 108 valence electrons. The van der Waals surface area contributed by atoms with Crippen LogP contribution in [0.25, 0.3) is 0 Å². The molecule has 2 N–H and O–H groups in total. The van der Waals surface area contributed by atoms with E-state index in [9.17, 15) is 5.11 Å². The molecule has 19 heavy (non-hydrogen) atoms. The Balaban J connectivity index is 2.19. The van der Waals surface area contributed by atoms with Crippen molar-refractivity contribution >= 4 is 0 Å². The normalized spacial score (nSPS) is 11.2. The first-order valence-electron chi connectivity index (χ1n) is 7.08. The molecule has 0 bridgehead atoms. The van der Waals surface area contributed by atoms with Gasteiger partial charge in [0.2, 0.25) is 0 Å². The van der Waals surface area contributed by atoms with E-state index < -0.39 is 0 Å². The van der Waals surface area contributed by atoms with Crippen LogP contribution < -0.4 is 5.32 Å². The van der Waals surface area contributed by atoms with Crippen molar-refractivity contribution in [3.8, 4) is 5.75 Å². The summed E-state index contributed by atoms with van der Waals surface area (Å²) in [5, 5.41) is 13.1. The molecule has 0 radical (unpaired) electrons. The number of phenols is 1. The van der Waals surface area contributed by atoms with Crippen LogP contribution in [-0.4, -0.2) is 24.9 Å². The Kier molecular flexibility index (Phi) is 6.89. The second kappa shape index (κ2) is 8.18. The minimum absolute atomic E-state index is 0.408. The average molecular weight is 265 g/mol. The van der Waals surface area contributed by atoms with Gasteiger partial charge in [0.15, 0.2) is 0 Å². The lowest BCUT2D eigenvalue weighted by Crippen LogP contribution is -2.17. The van der Waals surface area contributed by atoms with Crippen molar-refractivity contribution in [1.29, 1.82) is 0 Å². The molecule has 0 aromatic heterocycles. The number of rotatable bonds is 8. The summed E-state index contributed by atoms with van der Waals surface area (Å²) in [6.07, 6.45) is 1.03. The molecule has 1 aromatic carbocycles. The van der Waals surface area contributed by atoms with E-state index >= 15 is 0 Å². The van der Waals surface area contributed by atoms with Crippen LogP contribution in [0.15, 0.2) is 12.1 Å². The van der Waals surface area contributed by atoms with Gasteiger partial charge in [-0.25, -0.2) is 0 Å². The highest BCUT2D eigenvalue weighted by Gasteiger charge is 2.02. The van der Waals surface area contributed by atoms with E-state index in [1.54, 1.807) is 0 Å². The van der Waals surface area contributed by atoms with Crippen LogP contribution >= 0.6 is 0 Å². The largest absolute Gasteiger partial charge is 0.507 e. The maximum Gasteiger partial charge on any atom is 0.121 e. The number of phenolic OH excluding ortho intramolecular Hbond substituents is 1. The Bertz CT molecular complexity index is 365. The summed E-state index contributed by atoms with van der Waals surface area (Å²) in [5.74, 6) is 1.02. The summed E-state index contributed by atoms with van der Waals surface area (Å²) < 4.78 is 5.53. The van der Waals surface area contributed by atoms with Crippen LogP contribution in [0.3, 0.4) is 0 Å². The summed E-state index contributed by atoms with van der Waals surface area (Å²) in [4.78, 5) is 0. The molecule has 0 aliphatic rings. The van der Waals surface area contributed by atoms with E-state index in [0.29, 0.717) is 11.7 Å². The minimum atomic E-state index is 0.408. The van der Waals surface area contributed by atoms with Crippen molar-refractivity contribution in [3.63, 3.8) is 0 Å². The molecule has 1 rings (SSSR count). The Morgan fingerprint density at radius 1 is 1.21 bits per heavy atom.